The van der Waals surface area contributed by atoms with E-state index in [0.717, 1.165) is 12.1 Å². The topological polar surface area (TPSA) is 145 Å². The summed E-state index contributed by atoms with van der Waals surface area (Å²) in [6.07, 6.45) is 1.88. The number of likely N-dealkylation sites (tertiary alicyclic amines) is 1. The van der Waals surface area contributed by atoms with Gasteiger partial charge in [0.15, 0.2) is 0 Å². The quantitative estimate of drug-likeness (QED) is 0.296. The highest BCUT2D eigenvalue weighted by Gasteiger charge is 2.37. The Morgan fingerprint density at radius 2 is 1.97 bits per heavy atom. The van der Waals surface area contributed by atoms with Crippen LogP contribution in [0, 0.1) is 16.0 Å². The molecule has 11 nitrogen and oxygen atoms in total. The summed E-state index contributed by atoms with van der Waals surface area (Å²) in [6.45, 7) is 4.11. The molecule has 1 saturated heterocycles. The minimum atomic E-state index is -1.24. The zero-order valence-corrected chi connectivity index (χ0v) is 20.9. The van der Waals surface area contributed by atoms with Crippen LogP contribution in [0.4, 0.5) is 21.9 Å². The number of nitro benzene ring substituents is 1. The molecule has 11 heteroatoms. The number of anilines is 2. The smallest absolute Gasteiger partial charge is 0.405 e. The van der Waals surface area contributed by atoms with Crippen molar-refractivity contribution in [3.63, 3.8) is 0 Å². The van der Waals surface area contributed by atoms with E-state index in [4.69, 9.17) is 0 Å². The van der Waals surface area contributed by atoms with Crippen molar-refractivity contribution in [1.82, 2.24) is 20.2 Å². The van der Waals surface area contributed by atoms with Crippen LogP contribution in [0.25, 0.3) is 11.3 Å². The van der Waals surface area contributed by atoms with Crippen molar-refractivity contribution in [1.29, 1.82) is 0 Å². The second-order valence-electron chi connectivity index (χ2n) is 9.40. The minimum Gasteiger partial charge on any atom is -0.465 e. The van der Waals surface area contributed by atoms with Gasteiger partial charge in [0, 0.05) is 30.9 Å². The number of H-pyrrole nitrogens is 1. The molecule has 1 aromatic heterocycles. The fourth-order valence-electron chi connectivity index (χ4n) is 4.70. The van der Waals surface area contributed by atoms with Gasteiger partial charge in [-0.2, -0.15) is 0 Å². The van der Waals surface area contributed by atoms with Gasteiger partial charge in [-0.3, -0.25) is 14.9 Å². The molecule has 1 unspecified atom stereocenters. The van der Waals surface area contributed by atoms with Gasteiger partial charge in [-0.1, -0.05) is 32.0 Å². The number of nitro groups is 1. The van der Waals surface area contributed by atoms with Crippen molar-refractivity contribution in [2.45, 2.75) is 38.8 Å². The second-order valence-corrected chi connectivity index (χ2v) is 9.40. The number of aromatic amines is 1. The Balaban J connectivity index is 1.63. The van der Waals surface area contributed by atoms with Crippen molar-refractivity contribution < 1.29 is 19.6 Å². The molecular formula is C26H30N6O5. The van der Waals surface area contributed by atoms with E-state index >= 15 is 0 Å². The number of nitrogens with one attached hydrogen (secondary N) is 2. The molecular weight excluding hydrogens is 476 g/mol. The number of aromatic nitrogens is 2. The Labute approximate surface area is 214 Å². The summed E-state index contributed by atoms with van der Waals surface area (Å²) >= 11 is 0. The molecule has 0 spiro atoms. The lowest BCUT2D eigenvalue weighted by Crippen LogP contribution is -2.50. The SMILES string of the molecule is CC(C)[C@H](NC(=O)O)C(=O)N1CCCC1c1ncc(-c2ccc([N+](=O)[O-])c(N(C)c3ccccc3)c2)[nH]1. The van der Waals surface area contributed by atoms with E-state index in [1.54, 1.807) is 49.0 Å². The molecule has 3 N–H and O–H groups in total. The Hall–Kier alpha value is -4.41. The zero-order valence-electron chi connectivity index (χ0n) is 20.9. The molecule has 4 rings (SSSR count). The third-order valence-corrected chi connectivity index (χ3v) is 6.65. The van der Waals surface area contributed by atoms with Gasteiger partial charge in [0.25, 0.3) is 5.69 Å². The number of imidazole rings is 1. The lowest BCUT2D eigenvalue weighted by atomic mass is 10.0. The van der Waals surface area contributed by atoms with Crippen molar-refractivity contribution in [3.8, 4) is 11.3 Å². The number of amides is 2. The number of carbonyl (C=O) groups is 2. The van der Waals surface area contributed by atoms with Crippen LogP contribution >= 0.6 is 0 Å². The summed E-state index contributed by atoms with van der Waals surface area (Å²) in [7, 11) is 1.78. The molecule has 194 valence electrons. The summed E-state index contributed by atoms with van der Waals surface area (Å²) in [5, 5.41) is 23.3. The van der Waals surface area contributed by atoms with Crippen molar-refractivity contribution in [2.24, 2.45) is 5.92 Å². The molecule has 2 atom stereocenters. The molecule has 2 amide bonds. The molecule has 1 aliphatic rings. The maximum Gasteiger partial charge on any atom is 0.405 e. The standard InChI is InChI=1S/C26H30N6O5/c1-16(2)23(29-26(34)35)25(33)31-13-7-10-21(31)24-27-15-19(28-24)17-11-12-20(32(36)37)22(14-17)30(3)18-8-5-4-6-9-18/h4-6,8-9,11-12,14-16,21,23,29H,7,10,13H2,1-3H3,(H,27,28)(H,34,35)/t21?,23-/m0/s1. The third kappa shape index (κ3) is 5.40. The number of nitrogens with zero attached hydrogens (tertiary/aromatic N) is 4. The highest BCUT2D eigenvalue weighted by molar-refractivity contribution is 5.86. The molecule has 1 fully saturated rings. The predicted octanol–water partition coefficient (Wildman–Crippen LogP) is 4.71. The number of para-hydroxylation sites is 1. The van der Waals surface area contributed by atoms with Gasteiger partial charge in [0.2, 0.25) is 5.91 Å². The van der Waals surface area contributed by atoms with Crippen LogP contribution in [-0.2, 0) is 4.79 Å². The van der Waals surface area contributed by atoms with E-state index in [1.165, 1.54) is 6.07 Å². The van der Waals surface area contributed by atoms with Crippen molar-refractivity contribution in [2.75, 3.05) is 18.5 Å². The molecule has 0 bridgehead atoms. The molecule has 0 radical (unpaired) electrons. The fraction of sp³-hybridized carbons (Fsp3) is 0.346. The van der Waals surface area contributed by atoms with Gasteiger partial charge < -0.3 is 25.2 Å². The number of carboxylic acid groups (broad SMARTS) is 1. The molecule has 3 aromatic rings. The number of rotatable bonds is 8. The Morgan fingerprint density at radius 3 is 2.62 bits per heavy atom. The van der Waals surface area contributed by atoms with E-state index in [2.05, 4.69) is 15.3 Å². The largest absolute Gasteiger partial charge is 0.465 e. The highest BCUT2D eigenvalue weighted by atomic mass is 16.6. The summed E-state index contributed by atoms with van der Waals surface area (Å²) in [5.74, 6) is 0.104. The van der Waals surface area contributed by atoms with Gasteiger partial charge >= 0.3 is 6.09 Å². The number of carbonyl (C=O) groups excluding carboxylic acids is 1. The Kier molecular flexibility index (Phi) is 7.42. The second kappa shape index (κ2) is 10.7. The van der Waals surface area contributed by atoms with Crippen LogP contribution in [0.15, 0.2) is 54.7 Å². The number of benzene rings is 2. The first-order valence-electron chi connectivity index (χ1n) is 12.1. The van der Waals surface area contributed by atoms with E-state index in [0.29, 0.717) is 35.7 Å². The van der Waals surface area contributed by atoms with Crippen LogP contribution in [0.3, 0.4) is 0 Å². The molecule has 1 aliphatic heterocycles. The highest BCUT2D eigenvalue weighted by Crippen LogP contribution is 2.37. The van der Waals surface area contributed by atoms with Crippen molar-refractivity contribution >= 4 is 29.1 Å². The minimum absolute atomic E-state index is 0.0203. The maximum absolute atomic E-state index is 13.2. The normalized spacial score (nSPS) is 16.0. The molecule has 37 heavy (non-hydrogen) atoms. The van der Waals surface area contributed by atoms with Gasteiger partial charge in [0.1, 0.15) is 17.6 Å². The predicted molar refractivity (Wildman–Crippen MR) is 139 cm³/mol. The lowest BCUT2D eigenvalue weighted by Gasteiger charge is -2.29. The monoisotopic (exact) mass is 506 g/mol. The van der Waals surface area contributed by atoms with Crippen LogP contribution in [-0.4, -0.2) is 56.5 Å². The first kappa shape index (κ1) is 25.7. The van der Waals surface area contributed by atoms with Crippen LogP contribution in [0.2, 0.25) is 0 Å². The lowest BCUT2D eigenvalue weighted by molar-refractivity contribution is -0.384. The van der Waals surface area contributed by atoms with E-state index in [1.807, 2.05) is 30.3 Å². The Bertz CT molecular complexity index is 1290. The van der Waals surface area contributed by atoms with Gasteiger partial charge in [0.05, 0.1) is 22.9 Å². The Morgan fingerprint density at radius 1 is 1.24 bits per heavy atom. The zero-order chi connectivity index (χ0) is 26.7. The summed E-state index contributed by atoms with van der Waals surface area (Å²) in [4.78, 5) is 47.0. The first-order chi connectivity index (χ1) is 17.7. The number of hydrogen-bond donors (Lipinski definition) is 3. The van der Waals surface area contributed by atoms with E-state index < -0.39 is 17.1 Å². The van der Waals surface area contributed by atoms with Gasteiger partial charge in [-0.05, 0) is 43.0 Å². The fourth-order valence-corrected chi connectivity index (χ4v) is 4.70. The first-order valence-corrected chi connectivity index (χ1v) is 12.1. The summed E-state index contributed by atoms with van der Waals surface area (Å²) in [6, 6.07) is 13.1. The van der Waals surface area contributed by atoms with E-state index in [9.17, 15) is 24.8 Å². The summed E-state index contributed by atoms with van der Waals surface area (Å²) < 4.78 is 0. The van der Waals surface area contributed by atoms with Gasteiger partial charge in [-0.25, -0.2) is 9.78 Å². The molecule has 0 aliphatic carbocycles. The summed E-state index contributed by atoms with van der Waals surface area (Å²) in [5.41, 5.74) is 2.60. The molecule has 2 aromatic carbocycles. The number of hydrogen-bond acceptors (Lipinski definition) is 6. The maximum atomic E-state index is 13.2. The average Bonchev–Trinajstić information content (AvgIpc) is 3.56. The van der Waals surface area contributed by atoms with Crippen LogP contribution in [0.5, 0.6) is 0 Å². The van der Waals surface area contributed by atoms with Crippen molar-refractivity contribution in [3.05, 3.63) is 70.7 Å². The van der Waals surface area contributed by atoms with Crippen LogP contribution < -0.4 is 10.2 Å². The third-order valence-electron chi connectivity index (χ3n) is 6.65. The molecule has 0 saturated carbocycles. The van der Waals surface area contributed by atoms with Crippen LogP contribution in [0.1, 0.15) is 38.6 Å². The van der Waals surface area contributed by atoms with Gasteiger partial charge in [-0.15, -0.1) is 0 Å². The molecule has 2 heterocycles. The van der Waals surface area contributed by atoms with E-state index in [-0.39, 0.29) is 23.6 Å². The average molecular weight is 507 g/mol.